The van der Waals surface area contributed by atoms with Gasteiger partial charge in [0.2, 0.25) is 0 Å². The van der Waals surface area contributed by atoms with Crippen LogP contribution < -0.4 is 4.74 Å². The van der Waals surface area contributed by atoms with E-state index in [1.54, 1.807) is 43.3 Å². The van der Waals surface area contributed by atoms with E-state index in [1.807, 2.05) is 0 Å². The second kappa shape index (κ2) is 6.02. The zero-order valence-corrected chi connectivity index (χ0v) is 12.3. The third kappa shape index (κ3) is 3.54. The summed E-state index contributed by atoms with van der Waals surface area (Å²) in [6.45, 7) is 1.67. The van der Waals surface area contributed by atoms with Crippen LogP contribution in [-0.2, 0) is 0 Å². The Balaban J connectivity index is 2.25. The summed E-state index contributed by atoms with van der Waals surface area (Å²) in [5.41, 5.74) is 0.728. The van der Waals surface area contributed by atoms with Crippen molar-refractivity contribution in [3.8, 4) is 11.5 Å². The molecule has 100 valence electrons. The van der Waals surface area contributed by atoms with Crippen molar-refractivity contribution in [2.75, 3.05) is 0 Å². The quantitative estimate of drug-likeness (QED) is 0.810. The number of hydrogen-bond acceptors (Lipinski definition) is 2. The Kier molecular flexibility index (Phi) is 4.58. The first-order valence-corrected chi connectivity index (χ1v) is 6.71. The molecule has 19 heavy (non-hydrogen) atoms. The minimum atomic E-state index is -0.573. The predicted molar refractivity (Wildman–Crippen MR) is 78.6 cm³/mol. The molecule has 0 heterocycles. The summed E-state index contributed by atoms with van der Waals surface area (Å²) >= 11 is 17.8. The van der Waals surface area contributed by atoms with Gasteiger partial charge in [0.25, 0.3) is 0 Å². The summed E-state index contributed by atoms with van der Waals surface area (Å²) in [7, 11) is 0. The molecule has 0 saturated heterocycles. The van der Waals surface area contributed by atoms with Gasteiger partial charge in [-0.3, -0.25) is 0 Å². The summed E-state index contributed by atoms with van der Waals surface area (Å²) < 4.78 is 5.62. The molecule has 0 radical (unpaired) electrons. The van der Waals surface area contributed by atoms with Crippen LogP contribution in [0.4, 0.5) is 0 Å². The Labute approximate surface area is 126 Å². The van der Waals surface area contributed by atoms with Gasteiger partial charge in [0.1, 0.15) is 11.5 Å². The smallest absolute Gasteiger partial charge is 0.146 e. The molecular weight excluding hydrogens is 307 g/mol. The molecule has 0 saturated carbocycles. The predicted octanol–water partition coefficient (Wildman–Crippen LogP) is 5.49. The number of aliphatic hydroxyl groups is 1. The summed E-state index contributed by atoms with van der Waals surface area (Å²) in [6.07, 6.45) is -0.573. The van der Waals surface area contributed by atoms with Crippen molar-refractivity contribution in [2.24, 2.45) is 0 Å². The van der Waals surface area contributed by atoms with Crippen LogP contribution >= 0.6 is 34.8 Å². The van der Waals surface area contributed by atoms with Gasteiger partial charge >= 0.3 is 0 Å². The van der Waals surface area contributed by atoms with E-state index in [0.717, 1.165) is 5.56 Å². The second-order valence-corrected chi connectivity index (χ2v) is 5.27. The molecule has 0 aromatic heterocycles. The Morgan fingerprint density at radius 1 is 0.947 bits per heavy atom. The van der Waals surface area contributed by atoms with Gasteiger partial charge in [-0.25, -0.2) is 0 Å². The van der Waals surface area contributed by atoms with Gasteiger partial charge in [0.15, 0.2) is 0 Å². The molecule has 0 spiro atoms. The number of aliphatic hydroxyl groups excluding tert-OH is 1. The molecule has 0 aliphatic rings. The summed E-state index contributed by atoms with van der Waals surface area (Å²) in [4.78, 5) is 0. The zero-order valence-electron chi connectivity index (χ0n) is 10.0. The Morgan fingerprint density at radius 2 is 1.68 bits per heavy atom. The minimum Gasteiger partial charge on any atom is -0.456 e. The van der Waals surface area contributed by atoms with Crippen molar-refractivity contribution >= 4 is 34.8 Å². The highest BCUT2D eigenvalue weighted by atomic mass is 35.5. The number of benzene rings is 2. The standard InChI is InChI=1S/C14H11Cl3O2/c1-8(18)9-2-5-14(13(17)6-9)19-10-3-4-11(15)12(16)7-10/h2-8,18H,1H3/t8-/m1/s1. The molecule has 1 N–H and O–H groups in total. The van der Waals surface area contributed by atoms with E-state index >= 15 is 0 Å². The third-order valence-corrected chi connectivity index (χ3v) is 3.59. The number of rotatable bonds is 3. The molecule has 0 aliphatic heterocycles. The van der Waals surface area contributed by atoms with Crippen LogP contribution in [0.15, 0.2) is 36.4 Å². The second-order valence-electron chi connectivity index (χ2n) is 4.04. The van der Waals surface area contributed by atoms with Gasteiger partial charge in [0, 0.05) is 6.07 Å². The van der Waals surface area contributed by atoms with Gasteiger partial charge in [-0.1, -0.05) is 40.9 Å². The first kappa shape index (κ1) is 14.5. The van der Waals surface area contributed by atoms with Crippen molar-refractivity contribution in [2.45, 2.75) is 13.0 Å². The molecule has 5 heteroatoms. The number of ether oxygens (including phenoxy) is 1. The molecule has 0 unspecified atom stereocenters. The largest absolute Gasteiger partial charge is 0.456 e. The summed E-state index contributed by atoms with van der Waals surface area (Å²) in [6, 6.07) is 10.1. The lowest BCUT2D eigenvalue weighted by atomic mass is 10.1. The van der Waals surface area contributed by atoms with Gasteiger partial charge < -0.3 is 9.84 Å². The van der Waals surface area contributed by atoms with Crippen LogP contribution in [0, 0.1) is 0 Å². The molecule has 2 aromatic rings. The zero-order chi connectivity index (χ0) is 14.0. The van der Waals surface area contributed by atoms with Crippen LogP contribution in [0.25, 0.3) is 0 Å². The van der Waals surface area contributed by atoms with E-state index in [1.165, 1.54) is 0 Å². The first-order valence-electron chi connectivity index (χ1n) is 5.58. The van der Waals surface area contributed by atoms with E-state index in [0.29, 0.717) is 26.6 Å². The van der Waals surface area contributed by atoms with Crippen molar-refractivity contribution in [1.29, 1.82) is 0 Å². The van der Waals surface area contributed by atoms with Crippen LogP contribution in [0.1, 0.15) is 18.6 Å². The molecule has 0 aliphatic carbocycles. The average molecular weight is 318 g/mol. The van der Waals surface area contributed by atoms with Crippen LogP contribution in [-0.4, -0.2) is 5.11 Å². The van der Waals surface area contributed by atoms with Gasteiger partial charge in [-0.05, 0) is 36.8 Å². The van der Waals surface area contributed by atoms with Crippen molar-refractivity contribution in [3.05, 3.63) is 57.0 Å². The maximum atomic E-state index is 9.46. The molecular formula is C14H11Cl3O2. The SMILES string of the molecule is C[C@@H](O)c1ccc(Oc2ccc(Cl)c(Cl)c2)c(Cl)c1. The van der Waals surface area contributed by atoms with Gasteiger partial charge in [-0.2, -0.15) is 0 Å². The topological polar surface area (TPSA) is 29.5 Å². The molecule has 2 rings (SSSR count). The maximum absolute atomic E-state index is 9.46. The van der Waals surface area contributed by atoms with E-state index in [2.05, 4.69) is 0 Å². The highest BCUT2D eigenvalue weighted by molar-refractivity contribution is 6.42. The van der Waals surface area contributed by atoms with Gasteiger partial charge in [0.05, 0.1) is 21.2 Å². The first-order chi connectivity index (χ1) is 8.97. The lowest BCUT2D eigenvalue weighted by Gasteiger charge is -2.11. The van der Waals surface area contributed by atoms with Crippen molar-refractivity contribution in [3.63, 3.8) is 0 Å². The van der Waals surface area contributed by atoms with Crippen LogP contribution in [0.2, 0.25) is 15.1 Å². The van der Waals surface area contributed by atoms with Crippen molar-refractivity contribution < 1.29 is 9.84 Å². The minimum absolute atomic E-state index is 0.413. The number of halogens is 3. The van der Waals surface area contributed by atoms with E-state index in [-0.39, 0.29) is 0 Å². The molecule has 2 nitrogen and oxygen atoms in total. The van der Waals surface area contributed by atoms with Crippen molar-refractivity contribution in [1.82, 2.24) is 0 Å². The van der Waals surface area contributed by atoms with Gasteiger partial charge in [-0.15, -0.1) is 0 Å². The Bertz CT molecular complexity index is 597. The molecule has 0 bridgehead atoms. The monoisotopic (exact) mass is 316 g/mol. The highest BCUT2D eigenvalue weighted by Gasteiger charge is 2.08. The molecule has 0 fully saturated rings. The fourth-order valence-electron chi connectivity index (χ4n) is 1.53. The molecule has 2 aromatic carbocycles. The summed E-state index contributed by atoms with van der Waals surface area (Å²) in [5, 5.41) is 10.8. The maximum Gasteiger partial charge on any atom is 0.146 e. The normalized spacial score (nSPS) is 12.3. The highest BCUT2D eigenvalue weighted by Crippen LogP contribution is 2.34. The molecule has 0 amide bonds. The van der Waals surface area contributed by atoms with E-state index in [4.69, 9.17) is 39.5 Å². The Hall–Kier alpha value is -0.930. The fraction of sp³-hybridized carbons (Fsp3) is 0.143. The fourth-order valence-corrected chi connectivity index (χ4v) is 2.04. The number of hydrogen-bond donors (Lipinski definition) is 1. The lowest BCUT2D eigenvalue weighted by molar-refractivity contribution is 0.199. The lowest BCUT2D eigenvalue weighted by Crippen LogP contribution is -1.92. The van der Waals surface area contributed by atoms with E-state index in [9.17, 15) is 5.11 Å². The van der Waals surface area contributed by atoms with Crippen LogP contribution in [0.3, 0.4) is 0 Å². The third-order valence-electron chi connectivity index (χ3n) is 2.56. The Morgan fingerprint density at radius 3 is 2.26 bits per heavy atom. The van der Waals surface area contributed by atoms with E-state index < -0.39 is 6.10 Å². The average Bonchev–Trinajstić information content (AvgIpc) is 2.36. The van der Waals surface area contributed by atoms with Crippen LogP contribution in [0.5, 0.6) is 11.5 Å². The molecule has 1 atom stereocenters. The summed E-state index contributed by atoms with van der Waals surface area (Å²) in [5.74, 6) is 1.03.